The van der Waals surface area contributed by atoms with Gasteiger partial charge in [0.1, 0.15) is 35.4 Å². The summed E-state index contributed by atoms with van der Waals surface area (Å²) in [5, 5.41) is 11.2. The lowest BCUT2D eigenvalue weighted by atomic mass is 10.0. The van der Waals surface area contributed by atoms with E-state index in [-0.39, 0.29) is 12.2 Å². The third-order valence-electron chi connectivity index (χ3n) is 6.35. The fraction of sp³-hybridized carbons (Fsp3) is 0.310. The van der Waals surface area contributed by atoms with Gasteiger partial charge in [0, 0.05) is 18.2 Å². The Labute approximate surface area is 226 Å². The van der Waals surface area contributed by atoms with Crippen molar-refractivity contribution in [1.29, 1.82) is 0 Å². The van der Waals surface area contributed by atoms with Crippen LogP contribution in [0.25, 0.3) is 11.0 Å². The van der Waals surface area contributed by atoms with Crippen LogP contribution in [0.1, 0.15) is 31.9 Å². The Hall–Kier alpha value is -4.47. The molecule has 4 aromatic rings. The number of hydrogen-bond donors (Lipinski definition) is 1. The Morgan fingerprint density at radius 1 is 1.03 bits per heavy atom. The number of carbonyl (C=O) groups excluding carboxylic acids is 2. The largest absolute Gasteiger partial charge is 0.497 e. The maximum absolute atomic E-state index is 15.3. The van der Waals surface area contributed by atoms with Crippen LogP contribution in [0.4, 0.5) is 10.1 Å². The summed E-state index contributed by atoms with van der Waals surface area (Å²) in [5.74, 6) is -0.506. The Balaban J connectivity index is 1.84. The van der Waals surface area contributed by atoms with E-state index >= 15 is 4.39 Å². The van der Waals surface area contributed by atoms with Crippen molar-refractivity contribution in [2.45, 2.75) is 32.9 Å². The molecule has 1 aromatic heterocycles. The monoisotopic (exact) mass is 533 g/mol. The number of ether oxygens (including phenoxy) is 2. The average Bonchev–Trinajstić information content (AvgIpc) is 3.34. The van der Waals surface area contributed by atoms with Gasteiger partial charge in [-0.2, -0.15) is 0 Å². The molecule has 39 heavy (non-hydrogen) atoms. The van der Waals surface area contributed by atoms with E-state index in [1.54, 1.807) is 36.4 Å². The lowest BCUT2D eigenvalue weighted by molar-refractivity contribution is -0.127. The molecule has 10 heteroatoms. The number of fused-ring (bicyclic) bond motifs is 1. The SMILES string of the molecule is COc1ccc(C(C(=O)NCCC(C)C)N(C(=O)Cn2nnc3ccccc32)c2ccccc2F)c(OC)c1. The summed E-state index contributed by atoms with van der Waals surface area (Å²) in [4.78, 5) is 29.1. The highest BCUT2D eigenvalue weighted by Gasteiger charge is 2.36. The number of methoxy groups -OCH3 is 2. The molecule has 9 nitrogen and oxygen atoms in total. The van der Waals surface area contributed by atoms with Gasteiger partial charge in [-0.25, -0.2) is 9.07 Å². The first-order chi connectivity index (χ1) is 18.8. The molecule has 0 aliphatic heterocycles. The first-order valence-corrected chi connectivity index (χ1v) is 12.7. The second-order valence-corrected chi connectivity index (χ2v) is 9.43. The van der Waals surface area contributed by atoms with E-state index in [1.165, 1.54) is 42.0 Å². The third-order valence-corrected chi connectivity index (χ3v) is 6.35. The highest BCUT2D eigenvalue weighted by molar-refractivity contribution is 6.02. The lowest BCUT2D eigenvalue weighted by Crippen LogP contribution is -2.46. The quantitative estimate of drug-likeness (QED) is 0.304. The molecule has 0 spiro atoms. The second-order valence-electron chi connectivity index (χ2n) is 9.43. The number of halogens is 1. The van der Waals surface area contributed by atoms with Crippen molar-refractivity contribution in [3.63, 3.8) is 0 Å². The number of hydrogen-bond acceptors (Lipinski definition) is 6. The van der Waals surface area contributed by atoms with Gasteiger partial charge in [-0.05, 0) is 48.7 Å². The van der Waals surface area contributed by atoms with Gasteiger partial charge >= 0.3 is 0 Å². The summed E-state index contributed by atoms with van der Waals surface area (Å²) in [7, 11) is 2.98. The topological polar surface area (TPSA) is 98.6 Å². The normalized spacial score (nSPS) is 11.8. The summed E-state index contributed by atoms with van der Waals surface area (Å²) in [5.41, 5.74) is 1.58. The summed E-state index contributed by atoms with van der Waals surface area (Å²) >= 11 is 0. The molecule has 1 unspecified atom stereocenters. The predicted octanol–water partition coefficient (Wildman–Crippen LogP) is 4.52. The average molecular weight is 534 g/mol. The van der Waals surface area contributed by atoms with Crippen LogP contribution < -0.4 is 19.7 Å². The molecule has 0 saturated heterocycles. The fourth-order valence-electron chi connectivity index (χ4n) is 4.33. The zero-order valence-electron chi connectivity index (χ0n) is 22.4. The van der Waals surface area contributed by atoms with Crippen molar-refractivity contribution >= 4 is 28.5 Å². The minimum absolute atomic E-state index is 0.0474. The molecule has 0 bridgehead atoms. The molecule has 2 amide bonds. The highest BCUT2D eigenvalue weighted by Crippen LogP contribution is 2.37. The van der Waals surface area contributed by atoms with E-state index in [4.69, 9.17) is 9.47 Å². The van der Waals surface area contributed by atoms with Crippen LogP contribution in [-0.2, 0) is 16.1 Å². The molecule has 4 rings (SSSR count). The molecule has 1 N–H and O–H groups in total. The van der Waals surface area contributed by atoms with Crippen LogP contribution in [0.2, 0.25) is 0 Å². The Kier molecular flexibility index (Phi) is 8.75. The molecular formula is C29H32FN5O4. The number of anilines is 1. The molecular weight excluding hydrogens is 501 g/mol. The molecule has 1 heterocycles. The molecule has 1 atom stereocenters. The van der Waals surface area contributed by atoms with E-state index < -0.39 is 23.7 Å². The van der Waals surface area contributed by atoms with E-state index in [2.05, 4.69) is 15.6 Å². The molecule has 0 aliphatic rings. The zero-order valence-corrected chi connectivity index (χ0v) is 22.4. The van der Waals surface area contributed by atoms with E-state index in [0.29, 0.717) is 40.6 Å². The standard InChI is InChI=1S/C29H32FN5O4/c1-19(2)15-16-31-29(37)28(21-14-13-20(38-3)17-26(21)39-4)35(24-11-7-5-9-22(24)30)27(36)18-34-25-12-8-6-10-23(25)32-33-34/h5-14,17,19,28H,15-16,18H2,1-4H3,(H,31,37). The predicted molar refractivity (Wildman–Crippen MR) is 146 cm³/mol. The minimum atomic E-state index is -1.25. The fourth-order valence-corrected chi connectivity index (χ4v) is 4.33. The van der Waals surface area contributed by atoms with E-state index in [9.17, 15) is 9.59 Å². The smallest absolute Gasteiger partial charge is 0.249 e. The van der Waals surface area contributed by atoms with Gasteiger partial charge in [0.15, 0.2) is 0 Å². The van der Waals surface area contributed by atoms with Gasteiger partial charge in [0.25, 0.3) is 0 Å². The zero-order chi connectivity index (χ0) is 27.9. The molecule has 0 saturated carbocycles. The Morgan fingerprint density at radius 3 is 2.49 bits per heavy atom. The van der Waals surface area contributed by atoms with Crippen molar-refractivity contribution in [2.75, 3.05) is 25.7 Å². The van der Waals surface area contributed by atoms with Crippen LogP contribution in [0.3, 0.4) is 0 Å². The molecule has 3 aromatic carbocycles. The molecule has 0 aliphatic carbocycles. The van der Waals surface area contributed by atoms with E-state index in [0.717, 1.165) is 6.42 Å². The van der Waals surface area contributed by atoms with Crippen molar-refractivity contribution in [1.82, 2.24) is 20.3 Å². The van der Waals surface area contributed by atoms with Gasteiger partial charge in [0.05, 0.1) is 25.4 Å². The number of rotatable bonds is 11. The van der Waals surface area contributed by atoms with Crippen LogP contribution in [0, 0.1) is 11.7 Å². The number of aromatic nitrogens is 3. The van der Waals surface area contributed by atoms with Gasteiger partial charge in [-0.1, -0.05) is 43.3 Å². The number of nitrogens with one attached hydrogen (secondary N) is 1. The maximum atomic E-state index is 15.3. The lowest BCUT2D eigenvalue weighted by Gasteiger charge is -2.32. The number of nitrogens with zero attached hydrogens (tertiary/aromatic N) is 4. The summed E-state index contributed by atoms with van der Waals surface area (Å²) in [6, 6.07) is 16.8. The maximum Gasteiger partial charge on any atom is 0.249 e. The van der Waals surface area contributed by atoms with Crippen molar-refractivity contribution in [2.24, 2.45) is 5.92 Å². The number of carbonyl (C=O) groups is 2. The number of amides is 2. The van der Waals surface area contributed by atoms with Crippen molar-refractivity contribution < 1.29 is 23.5 Å². The summed E-state index contributed by atoms with van der Waals surface area (Å²) in [6.07, 6.45) is 0.733. The Morgan fingerprint density at radius 2 is 1.77 bits per heavy atom. The summed E-state index contributed by atoms with van der Waals surface area (Å²) < 4.78 is 27.7. The number of benzene rings is 3. The van der Waals surface area contributed by atoms with Gasteiger partial charge in [-0.3, -0.25) is 14.5 Å². The van der Waals surface area contributed by atoms with Crippen LogP contribution in [0.15, 0.2) is 66.7 Å². The van der Waals surface area contributed by atoms with Gasteiger partial charge < -0.3 is 14.8 Å². The van der Waals surface area contributed by atoms with Crippen LogP contribution in [-0.4, -0.2) is 47.6 Å². The first-order valence-electron chi connectivity index (χ1n) is 12.7. The summed E-state index contributed by atoms with van der Waals surface area (Å²) in [6.45, 7) is 4.21. The minimum Gasteiger partial charge on any atom is -0.497 e. The van der Waals surface area contributed by atoms with E-state index in [1.807, 2.05) is 26.0 Å². The number of para-hydroxylation sites is 2. The van der Waals surface area contributed by atoms with Crippen LogP contribution in [0.5, 0.6) is 11.5 Å². The molecule has 0 radical (unpaired) electrons. The third kappa shape index (κ3) is 6.17. The van der Waals surface area contributed by atoms with Crippen molar-refractivity contribution in [3.05, 3.63) is 78.1 Å². The molecule has 0 fully saturated rings. The highest BCUT2D eigenvalue weighted by atomic mass is 19.1. The van der Waals surface area contributed by atoms with Gasteiger partial charge in [0.2, 0.25) is 11.8 Å². The first kappa shape index (κ1) is 27.6. The molecule has 204 valence electrons. The second kappa shape index (κ2) is 12.4. The van der Waals surface area contributed by atoms with Crippen molar-refractivity contribution in [3.8, 4) is 11.5 Å². The Bertz CT molecular complexity index is 1450. The van der Waals surface area contributed by atoms with Gasteiger partial charge in [-0.15, -0.1) is 5.10 Å². The van der Waals surface area contributed by atoms with Crippen LogP contribution >= 0.6 is 0 Å².